The van der Waals surface area contributed by atoms with E-state index in [0.29, 0.717) is 18.5 Å². The molecule has 1 heterocycles. The normalized spacial score (nSPS) is 14.1. The van der Waals surface area contributed by atoms with Gasteiger partial charge in [-0.15, -0.1) is 0 Å². The Morgan fingerprint density at radius 3 is 3.00 bits per heavy atom. The molecule has 0 radical (unpaired) electrons. The Morgan fingerprint density at radius 1 is 1.35 bits per heavy atom. The molecule has 0 atom stereocenters. The van der Waals surface area contributed by atoms with Crippen molar-refractivity contribution < 1.29 is 9.53 Å². The lowest BCUT2D eigenvalue weighted by Crippen LogP contribution is -2.34. The molecule has 0 spiro atoms. The van der Waals surface area contributed by atoms with Gasteiger partial charge in [0.2, 0.25) is 5.91 Å². The van der Waals surface area contributed by atoms with E-state index in [0.717, 1.165) is 24.3 Å². The Hall–Kier alpha value is -2.21. The number of rotatable bonds is 8. The van der Waals surface area contributed by atoms with Crippen LogP contribution in [-0.2, 0) is 16.1 Å². The molecule has 3 rings (SSSR count). The summed E-state index contributed by atoms with van der Waals surface area (Å²) in [4.78, 5) is 24.1. The number of nitrogens with zero attached hydrogens (tertiary/aromatic N) is 2. The van der Waals surface area contributed by atoms with E-state index in [2.05, 4.69) is 10.4 Å². The zero-order valence-corrected chi connectivity index (χ0v) is 13.0. The lowest BCUT2D eigenvalue weighted by molar-refractivity contribution is -0.121. The Bertz CT molecular complexity index is 737. The molecule has 2 aromatic rings. The molecule has 0 bridgehead atoms. The predicted molar refractivity (Wildman–Crippen MR) is 87.2 cm³/mol. The first-order valence-corrected chi connectivity index (χ1v) is 8.03. The minimum atomic E-state index is -0.244. The SMILES string of the molecule is O=C(Cn1ncc2ccccc2c1=O)NCCCOCC1CC1. The maximum absolute atomic E-state index is 12.2. The third-order valence-electron chi connectivity index (χ3n) is 3.89. The average Bonchev–Trinajstić information content (AvgIpc) is 3.38. The van der Waals surface area contributed by atoms with Crippen molar-refractivity contribution in [3.63, 3.8) is 0 Å². The van der Waals surface area contributed by atoms with Crippen molar-refractivity contribution in [2.45, 2.75) is 25.8 Å². The topological polar surface area (TPSA) is 73.2 Å². The minimum absolute atomic E-state index is 0.0629. The molecule has 1 aromatic heterocycles. The van der Waals surface area contributed by atoms with Crippen LogP contribution in [0.3, 0.4) is 0 Å². The van der Waals surface area contributed by atoms with Gasteiger partial charge in [-0.1, -0.05) is 18.2 Å². The number of hydrogen-bond acceptors (Lipinski definition) is 4. The Morgan fingerprint density at radius 2 is 2.17 bits per heavy atom. The number of aromatic nitrogens is 2. The number of amides is 1. The van der Waals surface area contributed by atoms with Gasteiger partial charge < -0.3 is 10.1 Å². The molecule has 0 aliphatic heterocycles. The van der Waals surface area contributed by atoms with E-state index in [1.165, 1.54) is 17.5 Å². The summed E-state index contributed by atoms with van der Waals surface area (Å²) in [7, 11) is 0. The van der Waals surface area contributed by atoms with Crippen LogP contribution in [0.25, 0.3) is 10.8 Å². The Balaban J connectivity index is 1.45. The maximum atomic E-state index is 12.2. The fourth-order valence-corrected chi connectivity index (χ4v) is 2.37. The summed E-state index contributed by atoms with van der Waals surface area (Å²) < 4.78 is 6.70. The van der Waals surface area contributed by atoms with Gasteiger partial charge in [-0.3, -0.25) is 9.59 Å². The van der Waals surface area contributed by atoms with Crippen molar-refractivity contribution in [3.8, 4) is 0 Å². The molecule has 1 amide bonds. The van der Waals surface area contributed by atoms with Crippen molar-refractivity contribution in [1.82, 2.24) is 15.1 Å². The summed E-state index contributed by atoms with van der Waals surface area (Å²) in [5, 5.41) is 8.19. The van der Waals surface area contributed by atoms with Gasteiger partial charge >= 0.3 is 0 Å². The Kier molecular flexibility index (Phi) is 5.02. The number of ether oxygens (including phenoxy) is 1. The van der Waals surface area contributed by atoms with Gasteiger partial charge in [-0.2, -0.15) is 5.10 Å². The van der Waals surface area contributed by atoms with E-state index in [4.69, 9.17) is 4.74 Å². The van der Waals surface area contributed by atoms with Gasteiger partial charge in [0.05, 0.1) is 11.6 Å². The summed E-state index contributed by atoms with van der Waals surface area (Å²) >= 11 is 0. The van der Waals surface area contributed by atoms with E-state index in [9.17, 15) is 9.59 Å². The van der Waals surface area contributed by atoms with Crippen LogP contribution in [0, 0.1) is 5.92 Å². The van der Waals surface area contributed by atoms with Crippen LogP contribution in [-0.4, -0.2) is 35.4 Å². The van der Waals surface area contributed by atoms with Crippen LogP contribution in [0.5, 0.6) is 0 Å². The summed E-state index contributed by atoms with van der Waals surface area (Å²) in [6, 6.07) is 7.22. The fourth-order valence-electron chi connectivity index (χ4n) is 2.37. The maximum Gasteiger partial charge on any atom is 0.275 e. The van der Waals surface area contributed by atoms with Gasteiger partial charge in [-0.05, 0) is 31.2 Å². The molecule has 6 nitrogen and oxygen atoms in total. The lowest BCUT2D eigenvalue weighted by Gasteiger charge is -2.08. The van der Waals surface area contributed by atoms with E-state index >= 15 is 0 Å². The molecule has 1 fully saturated rings. The van der Waals surface area contributed by atoms with Gasteiger partial charge in [0.15, 0.2) is 0 Å². The molecule has 0 saturated heterocycles. The number of hydrogen-bond donors (Lipinski definition) is 1. The minimum Gasteiger partial charge on any atom is -0.381 e. The first-order valence-electron chi connectivity index (χ1n) is 8.03. The van der Waals surface area contributed by atoms with Crippen molar-refractivity contribution in [2.24, 2.45) is 5.92 Å². The first-order chi connectivity index (χ1) is 11.2. The summed E-state index contributed by atoms with van der Waals surface area (Å²) in [5.41, 5.74) is -0.244. The molecular weight excluding hydrogens is 294 g/mol. The van der Waals surface area contributed by atoms with E-state index in [1.807, 2.05) is 12.1 Å². The Labute approximate surface area is 134 Å². The highest BCUT2D eigenvalue weighted by Crippen LogP contribution is 2.28. The second-order valence-electron chi connectivity index (χ2n) is 5.92. The monoisotopic (exact) mass is 315 g/mol. The van der Waals surface area contributed by atoms with Crippen LogP contribution in [0.4, 0.5) is 0 Å². The second kappa shape index (κ2) is 7.37. The molecule has 0 unspecified atom stereocenters. The summed E-state index contributed by atoms with van der Waals surface area (Å²) in [6.45, 7) is 1.98. The standard InChI is InChI=1S/C17H21N3O3/c21-16(18-8-3-9-23-12-13-6-7-13)11-20-17(22)15-5-2-1-4-14(15)10-19-20/h1-2,4-5,10,13H,3,6-9,11-12H2,(H,18,21). The zero-order chi connectivity index (χ0) is 16.1. The molecule has 23 heavy (non-hydrogen) atoms. The predicted octanol–water partition coefficient (Wildman–Crippen LogP) is 1.33. The number of benzene rings is 1. The highest BCUT2D eigenvalue weighted by atomic mass is 16.5. The van der Waals surface area contributed by atoms with Crippen molar-refractivity contribution >= 4 is 16.7 Å². The molecule has 122 valence electrons. The average molecular weight is 315 g/mol. The molecule has 1 aliphatic rings. The smallest absolute Gasteiger partial charge is 0.275 e. The van der Waals surface area contributed by atoms with Crippen molar-refractivity contribution in [3.05, 3.63) is 40.8 Å². The second-order valence-corrected chi connectivity index (χ2v) is 5.92. The quantitative estimate of drug-likeness (QED) is 0.746. The van der Waals surface area contributed by atoms with Crippen LogP contribution >= 0.6 is 0 Å². The molecule has 1 aliphatic carbocycles. The lowest BCUT2D eigenvalue weighted by atomic mass is 10.2. The molecule has 1 saturated carbocycles. The van der Waals surface area contributed by atoms with Crippen LogP contribution < -0.4 is 10.9 Å². The fraction of sp³-hybridized carbons (Fsp3) is 0.471. The van der Waals surface area contributed by atoms with Gasteiger partial charge in [0.1, 0.15) is 6.54 Å². The third kappa shape index (κ3) is 4.39. The van der Waals surface area contributed by atoms with Crippen LogP contribution in [0.15, 0.2) is 35.3 Å². The number of carbonyl (C=O) groups excluding carboxylic acids is 1. The van der Waals surface area contributed by atoms with Crippen molar-refractivity contribution in [2.75, 3.05) is 19.8 Å². The van der Waals surface area contributed by atoms with Crippen LogP contribution in [0.2, 0.25) is 0 Å². The van der Waals surface area contributed by atoms with Crippen molar-refractivity contribution in [1.29, 1.82) is 0 Å². The van der Waals surface area contributed by atoms with Gasteiger partial charge in [-0.25, -0.2) is 4.68 Å². The summed E-state index contributed by atoms with van der Waals surface area (Å²) in [5.74, 6) is 0.549. The highest BCUT2D eigenvalue weighted by Gasteiger charge is 2.20. The molecular formula is C17H21N3O3. The third-order valence-corrected chi connectivity index (χ3v) is 3.89. The van der Waals surface area contributed by atoms with E-state index < -0.39 is 0 Å². The number of nitrogens with one attached hydrogen (secondary N) is 1. The van der Waals surface area contributed by atoms with E-state index in [-0.39, 0.29) is 18.0 Å². The van der Waals surface area contributed by atoms with E-state index in [1.54, 1.807) is 18.3 Å². The summed E-state index contributed by atoms with van der Waals surface area (Å²) in [6.07, 6.45) is 4.95. The number of fused-ring (bicyclic) bond motifs is 1. The van der Waals surface area contributed by atoms with Gasteiger partial charge in [0.25, 0.3) is 5.56 Å². The van der Waals surface area contributed by atoms with Crippen LogP contribution in [0.1, 0.15) is 19.3 Å². The first kappa shape index (κ1) is 15.7. The molecule has 6 heteroatoms. The highest BCUT2D eigenvalue weighted by molar-refractivity contribution is 5.81. The molecule has 1 aromatic carbocycles. The number of carbonyl (C=O) groups is 1. The van der Waals surface area contributed by atoms with Gasteiger partial charge in [0, 0.05) is 25.1 Å². The zero-order valence-electron chi connectivity index (χ0n) is 13.0. The largest absolute Gasteiger partial charge is 0.381 e. The molecule has 1 N–H and O–H groups in total.